The summed E-state index contributed by atoms with van der Waals surface area (Å²) in [5.74, 6) is -0.695. The Morgan fingerprint density at radius 1 is 0.895 bits per heavy atom. The highest BCUT2D eigenvalue weighted by atomic mass is 19.1. The predicted octanol–water partition coefficient (Wildman–Crippen LogP) is 3.83. The molecular weight excluding hydrogens is 244 g/mol. The van der Waals surface area contributed by atoms with E-state index < -0.39 is 0 Å². The molecule has 0 saturated heterocycles. The minimum Gasteiger partial charge on any atom is -0.391 e. The van der Waals surface area contributed by atoms with Gasteiger partial charge in [-0.2, -0.15) is 0 Å². The van der Waals surface area contributed by atoms with Gasteiger partial charge in [-0.3, -0.25) is 0 Å². The van der Waals surface area contributed by atoms with Gasteiger partial charge in [0.05, 0.1) is 0 Å². The van der Waals surface area contributed by atoms with E-state index in [1.54, 1.807) is 31.3 Å². The maximum absolute atomic E-state index is 13.0. The van der Waals surface area contributed by atoms with Crippen LogP contribution in [0, 0.1) is 11.6 Å². The highest BCUT2D eigenvalue weighted by molar-refractivity contribution is 5.39. The summed E-state index contributed by atoms with van der Waals surface area (Å²) >= 11 is 0. The van der Waals surface area contributed by atoms with Gasteiger partial charge in [-0.25, -0.2) is 8.78 Å². The topological polar surface area (TPSA) is 12.0 Å². The lowest BCUT2D eigenvalue weighted by Crippen LogP contribution is -2.15. The highest BCUT2D eigenvalue weighted by Gasteiger charge is 2.17. The molecule has 0 aliphatic rings. The summed E-state index contributed by atoms with van der Waals surface area (Å²) in [6.07, 6.45) is 0. The van der Waals surface area contributed by atoms with Gasteiger partial charge in [-0.05, 0) is 35.4 Å². The summed E-state index contributed by atoms with van der Waals surface area (Å²) < 4.78 is 26.0. The zero-order valence-electron chi connectivity index (χ0n) is 10.7. The quantitative estimate of drug-likeness (QED) is 0.880. The van der Waals surface area contributed by atoms with Crippen LogP contribution in [0.4, 0.5) is 8.78 Å². The van der Waals surface area contributed by atoms with Crippen molar-refractivity contribution in [3.63, 3.8) is 0 Å². The Balaban J connectivity index is 2.44. The van der Waals surface area contributed by atoms with Crippen molar-refractivity contribution >= 4 is 0 Å². The number of rotatable bonds is 4. The van der Waals surface area contributed by atoms with Crippen LogP contribution >= 0.6 is 0 Å². The molecule has 0 saturated carbocycles. The molecule has 0 atom stereocenters. The van der Waals surface area contributed by atoms with Crippen molar-refractivity contribution in [1.29, 1.82) is 0 Å². The Labute approximate surface area is 111 Å². The number of halogens is 2. The van der Waals surface area contributed by atoms with E-state index in [0.717, 1.165) is 16.8 Å². The van der Waals surface area contributed by atoms with E-state index in [1.807, 2.05) is 0 Å². The van der Waals surface area contributed by atoms with Crippen molar-refractivity contribution < 1.29 is 8.78 Å². The standard InChI is InChI=1S/C16H15F2N/c1-11(19-2)16(12-3-7-14(17)8-4-12)13-5-9-15(18)10-6-13/h3-10,16,19H,1H2,2H3. The van der Waals surface area contributed by atoms with Gasteiger partial charge in [0.2, 0.25) is 0 Å². The minimum absolute atomic E-state index is 0.133. The number of benzene rings is 2. The Morgan fingerprint density at radius 3 is 1.58 bits per heavy atom. The Bertz CT molecular complexity index is 513. The van der Waals surface area contributed by atoms with Gasteiger partial charge < -0.3 is 5.32 Å². The first-order chi connectivity index (χ1) is 9.11. The Kier molecular flexibility index (Phi) is 3.95. The second-order valence-corrected chi connectivity index (χ2v) is 4.31. The molecule has 0 aliphatic carbocycles. The fraction of sp³-hybridized carbons (Fsp3) is 0.125. The van der Waals surface area contributed by atoms with Gasteiger partial charge in [0, 0.05) is 18.7 Å². The van der Waals surface area contributed by atoms with E-state index in [1.165, 1.54) is 24.3 Å². The van der Waals surface area contributed by atoms with Gasteiger partial charge in [0.1, 0.15) is 11.6 Å². The van der Waals surface area contributed by atoms with Gasteiger partial charge in [-0.15, -0.1) is 0 Å². The predicted molar refractivity (Wildman–Crippen MR) is 72.8 cm³/mol. The van der Waals surface area contributed by atoms with Crippen LogP contribution in [0.3, 0.4) is 0 Å². The van der Waals surface area contributed by atoms with Crippen LogP contribution < -0.4 is 5.32 Å². The number of hydrogen-bond acceptors (Lipinski definition) is 1. The molecule has 0 fully saturated rings. The zero-order chi connectivity index (χ0) is 13.8. The third-order valence-corrected chi connectivity index (χ3v) is 3.08. The maximum atomic E-state index is 13.0. The summed E-state index contributed by atoms with van der Waals surface area (Å²) in [6.45, 7) is 3.97. The summed E-state index contributed by atoms with van der Waals surface area (Å²) in [6, 6.07) is 12.5. The van der Waals surface area contributed by atoms with Crippen molar-refractivity contribution in [2.45, 2.75) is 5.92 Å². The van der Waals surface area contributed by atoms with E-state index >= 15 is 0 Å². The molecule has 1 N–H and O–H groups in total. The van der Waals surface area contributed by atoms with Gasteiger partial charge >= 0.3 is 0 Å². The molecule has 98 valence electrons. The highest BCUT2D eigenvalue weighted by Crippen LogP contribution is 2.29. The molecule has 0 heterocycles. The summed E-state index contributed by atoms with van der Waals surface area (Å²) in [5, 5.41) is 3.01. The van der Waals surface area contributed by atoms with Crippen LogP contribution in [-0.4, -0.2) is 7.05 Å². The molecule has 1 nitrogen and oxygen atoms in total. The summed E-state index contributed by atoms with van der Waals surface area (Å²) in [7, 11) is 1.78. The van der Waals surface area contributed by atoms with E-state index in [9.17, 15) is 8.78 Å². The molecular formula is C16H15F2N. The minimum atomic E-state index is -0.281. The maximum Gasteiger partial charge on any atom is 0.123 e. The lowest BCUT2D eigenvalue weighted by molar-refractivity contribution is 0.625. The van der Waals surface area contributed by atoms with Crippen LogP contribution in [0.1, 0.15) is 17.0 Å². The van der Waals surface area contributed by atoms with E-state index in [4.69, 9.17) is 0 Å². The fourth-order valence-electron chi connectivity index (χ4n) is 2.05. The van der Waals surface area contributed by atoms with Crippen LogP contribution in [0.5, 0.6) is 0 Å². The molecule has 19 heavy (non-hydrogen) atoms. The molecule has 0 amide bonds. The van der Waals surface area contributed by atoms with Crippen molar-refractivity contribution in [3.05, 3.63) is 83.6 Å². The number of nitrogens with one attached hydrogen (secondary N) is 1. The fourth-order valence-corrected chi connectivity index (χ4v) is 2.05. The zero-order valence-corrected chi connectivity index (χ0v) is 10.7. The summed E-state index contributed by atoms with van der Waals surface area (Å²) in [5.41, 5.74) is 2.60. The van der Waals surface area contributed by atoms with Crippen molar-refractivity contribution in [2.75, 3.05) is 7.05 Å². The Morgan fingerprint density at radius 2 is 1.26 bits per heavy atom. The molecule has 2 aromatic carbocycles. The molecule has 2 rings (SSSR count). The molecule has 0 aromatic heterocycles. The van der Waals surface area contributed by atoms with Crippen LogP contribution in [0.25, 0.3) is 0 Å². The van der Waals surface area contributed by atoms with Gasteiger partial charge in [0.15, 0.2) is 0 Å². The normalized spacial score (nSPS) is 10.5. The number of hydrogen-bond donors (Lipinski definition) is 1. The van der Waals surface area contributed by atoms with Crippen molar-refractivity contribution in [3.8, 4) is 0 Å². The average molecular weight is 259 g/mol. The molecule has 0 unspecified atom stereocenters. The molecule has 0 radical (unpaired) electrons. The summed E-state index contributed by atoms with van der Waals surface area (Å²) in [4.78, 5) is 0. The number of allylic oxidation sites excluding steroid dienone is 1. The first-order valence-electron chi connectivity index (χ1n) is 5.99. The number of likely N-dealkylation sites (N-methyl/N-ethyl adjacent to an activating group) is 1. The molecule has 3 heteroatoms. The monoisotopic (exact) mass is 259 g/mol. The molecule has 2 aromatic rings. The average Bonchev–Trinajstić information content (AvgIpc) is 2.43. The molecule has 0 bridgehead atoms. The van der Waals surface area contributed by atoms with Crippen LogP contribution in [-0.2, 0) is 0 Å². The lowest BCUT2D eigenvalue weighted by Gasteiger charge is -2.20. The van der Waals surface area contributed by atoms with Gasteiger partial charge in [0.25, 0.3) is 0 Å². The van der Waals surface area contributed by atoms with E-state index in [-0.39, 0.29) is 17.6 Å². The van der Waals surface area contributed by atoms with Crippen LogP contribution in [0.2, 0.25) is 0 Å². The largest absolute Gasteiger partial charge is 0.391 e. The molecule has 0 aliphatic heterocycles. The molecule has 0 spiro atoms. The van der Waals surface area contributed by atoms with Gasteiger partial charge in [-0.1, -0.05) is 30.8 Å². The SMILES string of the molecule is C=C(NC)C(c1ccc(F)cc1)c1ccc(F)cc1. The second-order valence-electron chi connectivity index (χ2n) is 4.31. The first-order valence-corrected chi connectivity index (χ1v) is 5.99. The van der Waals surface area contributed by atoms with E-state index in [2.05, 4.69) is 11.9 Å². The van der Waals surface area contributed by atoms with E-state index in [0.29, 0.717) is 0 Å². The second kappa shape index (κ2) is 5.65. The third kappa shape index (κ3) is 2.99. The first kappa shape index (κ1) is 13.3. The lowest BCUT2D eigenvalue weighted by atomic mass is 9.89. The Hall–Kier alpha value is -2.16. The van der Waals surface area contributed by atoms with Crippen LogP contribution in [0.15, 0.2) is 60.8 Å². The van der Waals surface area contributed by atoms with Crippen molar-refractivity contribution in [1.82, 2.24) is 5.32 Å². The third-order valence-electron chi connectivity index (χ3n) is 3.08. The van der Waals surface area contributed by atoms with Crippen molar-refractivity contribution in [2.24, 2.45) is 0 Å². The smallest absolute Gasteiger partial charge is 0.123 e.